The molecule has 0 aliphatic rings. The van der Waals surface area contributed by atoms with Gasteiger partial charge in [-0.05, 0) is 41.5 Å². The summed E-state index contributed by atoms with van der Waals surface area (Å²) >= 11 is 11.9. The molecule has 0 fully saturated rings. The van der Waals surface area contributed by atoms with Gasteiger partial charge in [0.15, 0.2) is 11.5 Å². The number of carbonyl (C=O) groups is 1. The minimum absolute atomic E-state index is 0.303. The Labute approximate surface area is 150 Å². The highest BCUT2D eigenvalue weighted by Crippen LogP contribution is 2.30. The zero-order valence-electron chi connectivity index (χ0n) is 13.2. The van der Waals surface area contributed by atoms with Gasteiger partial charge in [0.2, 0.25) is 0 Å². The molecule has 2 rings (SSSR count). The van der Waals surface area contributed by atoms with Crippen LogP contribution in [0.1, 0.15) is 11.1 Å². The summed E-state index contributed by atoms with van der Waals surface area (Å²) in [6.07, 6.45) is 2.97. The van der Waals surface area contributed by atoms with E-state index in [-0.39, 0.29) is 0 Å². The molecule has 0 saturated heterocycles. The van der Waals surface area contributed by atoms with Gasteiger partial charge < -0.3 is 14.2 Å². The first-order valence-electron chi connectivity index (χ1n) is 7.04. The molecule has 0 radical (unpaired) electrons. The Bertz CT molecular complexity index is 757. The number of esters is 1. The number of ether oxygens (including phenoxy) is 3. The smallest absolute Gasteiger partial charge is 0.330 e. The quantitative estimate of drug-likeness (QED) is 0.545. The fourth-order valence-electron chi connectivity index (χ4n) is 1.93. The predicted molar refractivity (Wildman–Crippen MR) is 94.8 cm³/mol. The topological polar surface area (TPSA) is 44.8 Å². The van der Waals surface area contributed by atoms with Crippen molar-refractivity contribution >= 4 is 35.2 Å². The molecule has 0 atom stereocenters. The monoisotopic (exact) mass is 366 g/mol. The van der Waals surface area contributed by atoms with E-state index in [1.807, 2.05) is 12.1 Å². The van der Waals surface area contributed by atoms with Gasteiger partial charge in [-0.15, -0.1) is 0 Å². The number of benzene rings is 2. The molecule has 0 spiro atoms. The first kappa shape index (κ1) is 18.2. The van der Waals surface area contributed by atoms with Gasteiger partial charge in [0.25, 0.3) is 0 Å². The van der Waals surface area contributed by atoms with Crippen LogP contribution in [0.15, 0.2) is 42.5 Å². The van der Waals surface area contributed by atoms with E-state index in [0.29, 0.717) is 28.2 Å². The van der Waals surface area contributed by atoms with Crippen molar-refractivity contribution in [3.8, 4) is 11.5 Å². The summed E-state index contributed by atoms with van der Waals surface area (Å²) in [5.41, 5.74) is 1.66. The van der Waals surface area contributed by atoms with Crippen LogP contribution in [0.3, 0.4) is 0 Å². The summed E-state index contributed by atoms with van der Waals surface area (Å²) in [4.78, 5) is 11.2. The lowest BCUT2D eigenvalue weighted by Gasteiger charge is -2.12. The number of carbonyl (C=O) groups excluding carboxylic acids is 1. The van der Waals surface area contributed by atoms with Gasteiger partial charge in [-0.2, -0.15) is 0 Å². The highest BCUT2D eigenvalue weighted by Gasteiger charge is 2.07. The van der Waals surface area contributed by atoms with Crippen LogP contribution >= 0.6 is 23.2 Å². The third kappa shape index (κ3) is 4.91. The minimum atomic E-state index is -0.427. The molecule has 0 heterocycles. The molecule has 0 unspecified atom stereocenters. The lowest BCUT2D eigenvalue weighted by Crippen LogP contribution is -1.98. The summed E-state index contributed by atoms with van der Waals surface area (Å²) in [7, 11) is 2.89. The van der Waals surface area contributed by atoms with E-state index in [1.165, 1.54) is 13.2 Å². The zero-order chi connectivity index (χ0) is 17.5. The SMILES string of the molecule is COC(=O)/C=C/c1ccc(OC)c(OCc2ccc(Cl)c(Cl)c2)c1. The van der Waals surface area contributed by atoms with Crippen LogP contribution in [0.5, 0.6) is 11.5 Å². The molecule has 126 valence electrons. The molecule has 4 nitrogen and oxygen atoms in total. The van der Waals surface area contributed by atoms with Crippen LogP contribution in [0.25, 0.3) is 6.08 Å². The van der Waals surface area contributed by atoms with Crippen molar-refractivity contribution in [3.05, 3.63) is 63.6 Å². The maximum Gasteiger partial charge on any atom is 0.330 e. The first-order chi connectivity index (χ1) is 11.5. The van der Waals surface area contributed by atoms with Crippen molar-refractivity contribution in [1.29, 1.82) is 0 Å². The average Bonchev–Trinajstić information content (AvgIpc) is 2.60. The summed E-state index contributed by atoms with van der Waals surface area (Å²) in [5.74, 6) is 0.713. The van der Waals surface area contributed by atoms with Gasteiger partial charge in [0, 0.05) is 6.08 Å². The van der Waals surface area contributed by atoms with Gasteiger partial charge in [-0.3, -0.25) is 0 Å². The summed E-state index contributed by atoms with van der Waals surface area (Å²) in [6.45, 7) is 0.303. The van der Waals surface area contributed by atoms with Crippen molar-refractivity contribution in [1.82, 2.24) is 0 Å². The minimum Gasteiger partial charge on any atom is -0.493 e. The fourth-order valence-corrected chi connectivity index (χ4v) is 2.25. The number of hydrogen-bond donors (Lipinski definition) is 0. The summed E-state index contributed by atoms with van der Waals surface area (Å²) < 4.78 is 15.7. The third-order valence-electron chi connectivity index (χ3n) is 3.18. The van der Waals surface area contributed by atoms with Crippen molar-refractivity contribution in [2.75, 3.05) is 14.2 Å². The Morgan fingerprint density at radius 3 is 2.50 bits per heavy atom. The molecular weight excluding hydrogens is 351 g/mol. The number of hydrogen-bond acceptors (Lipinski definition) is 4. The average molecular weight is 367 g/mol. The van der Waals surface area contributed by atoms with Gasteiger partial charge in [0.05, 0.1) is 24.3 Å². The van der Waals surface area contributed by atoms with Gasteiger partial charge in [-0.1, -0.05) is 35.3 Å². The Kier molecular flexibility index (Phi) is 6.53. The molecule has 24 heavy (non-hydrogen) atoms. The fraction of sp³-hybridized carbons (Fsp3) is 0.167. The maximum absolute atomic E-state index is 11.2. The predicted octanol–water partition coefficient (Wildman–Crippen LogP) is 4.77. The van der Waals surface area contributed by atoms with Crippen LogP contribution in [0.4, 0.5) is 0 Å². The van der Waals surface area contributed by atoms with Crippen LogP contribution in [-0.4, -0.2) is 20.2 Å². The van der Waals surface area contributed by atoms with Crippen molar-refractivity contribution in [3.63, 3.8) is 0 Å². The van der Waals surface area contributed by atoms with E-state index in [1.54, 1.807) is 37.5 Å². The van der Waals surface area contributed by atoms with E-state index < -0.39 is 5.97 Å². The number of rotatable bonds is 6. The number of halogens is 2. The number of methoxy groups -OCH3 is 2. The molecule has 0 bridgehead atoms. The van der Waals surface area contributed by atoms with Crippen LogP contribution in [-0.2, 0) is 16.1 Å². The molecular formula is C18H16Cl2O4. The maximum atomic E-state index is 11.2. The van der Waals surface area contributed by atoms with Gasteiger partial charge in [0.1, 0.15) is 6.61 Å². The highest BCUT2D eigenvalue weighted by atomic mass is 35.5. The van der Waals surface area contributed by atoms with Crippen molar-refractivity contribution in [2.45, 2.75) is 6.61 Å². The Morgan fingerprint density at radius 2 is 1.83 bits per heavy atom. The zero-order valence-corrected chi connectivity index (χ0v) is 14.7. The standard InChI is InChI=1S/C18H16Cl2O4/c1-22-16-7-4-12(5-8-18(21)23-2)10-17(16)24-11-13-3-6-14(19)15(20)9-13/h3-10H,11H2,1-2H3/b8-5+. The third-order valence-corrected chi connectivity index (χ3v) is 3.92. The molecule has 0 saturated carbocycles. The van der Waals surface area contributed by atoms with E-state index in [0.717, 1.165) is 11.1 Å². The Hall–Kier alpha value is -2.17. The van der Waals surface area contributed by atoms with E-state index in [4.69, 9.17) is 32.7 Å². The Balaban J connectivity index is 2.16. The second-order valence-corrected chi connectivity index (χ2v) is 5.62. The largest absolute Gasteiger partial charge is 0.493 e. The highest BCUT2D eigenvalue weighted by molar-refractivity contribution is 6.42. The van der Waals surface area contributed by atoms with Crippen molar-refractivity contribution < 1.29 is 19.0 Å². The van der Waals surface area contributed by atoms with Crippen LogP contribution < -0.4 is 9.47 Å². The van der Waals surface area contributed by atoms with E-state index in [2.05, 4.69) is 4.74 Å². The molecule has 6 heteroatoms. The molecule has 0 aliphatic carbocycles. The van der Waals surface area contributed by atoms with E-state index >= 15 is 0 Å². The molecule has 2 aromatic carbocycles. The van der Waals surface area contributed by atoms with Gasteiger partial charge >= 0.3 is 5.97 Å². The molecule has 0 aromatic heterocycles. The molecule has 0 aliphatic heterocycles. The second kappa shape index (κ2) is 8.62. The summed E-state index contributed by atoms with van der Waals surface area (Å²) in [5, 5.41) is 0.965. The normalized spacial score (nSPS) is 10.7. The summed E-state index contributed by atoms with van der Waals surface area (Å²) in [6, 6.07) is 10.6. The van der Waals surface area contributed by atoms with Crippen molar-refractivity contribution in [2.24, 2.45) is 0 Å². The van der Waals surface area contributed by atoms with E-state index in [9.17, 15) is 4.79 Å². The van der Waals surface area contributed by atoms with Gasteiger partial charge in [-0.25, -0.2) is 4.79 Å². The van der Waals surface area contributed by atoms with Crippen LogP contribution in [0.2, 0.25) is 10.0 Å². The second-order valence-electron chi connectivity index (χ2n) is 4.80. The Morgan fingerprint density at radius 1 is 1.04 bits per heavy atom. The first-order valence-corrected chi connectivity index (χ1v) is 7.80. The molecule has 2 aromatic rings. The molecule has 0 amide bonds. The molecule has 0 N–H and O–H groups in total. The lowest BCUT2D eigenvalue weighted by atomic mass is 10.2. The lowest BCUT2D eigenvalue weighted by molar-refractivity contribution is -0.134. The van der Waals surface area contributed by atoms with Crippen LogP contribution in [0, 0.1) is 0 Å².